The smallest absolute Gasteiger partial charge is 0.233 e. The monoisotopic (exact) mass is 395 g/mol. The van der Waals surface area contributed by atoms with Crippen molar-refractivity contribution in [2.75, 3.05) is 18.9 Å². The minimum atomic E-state index is 0.0979. The molecule has 7 nitrogen and oxygen atoms in total. The lowest BCUT2D eigenvalue weighted by Crippen LogP contribution is -2.37. The zero-order chi connectivity index (χ0) is 19.3. The Bertz CT molecular complexity index is 957. The molecular formula is C20H21N5O2S. The van der Waals surface area contributed by atoms with E-state index in [1.807, 2.05) is 48.2 Å². The molecule has 1 aliphatic heterocycles. The van der Waals surface area contributed by atoms with Crippen LogP contribution in [0.3, 0.4) is 0 Å². The number of benzene rings is 2. The van der Waals surface area contributed by atoms with Crippen molar-refractivity contribution in [1.29, 1.82) is 0 Å². The lowest BCUT2D eigenvalue weighted by atomic mass is 10.00. The number of fused-ring (bicyclic) bond motifs is 1. The van der Waals surface area contributed by atoms with Gasteiger partial charge in [0.2, 0.25) is 11.1 Å². The van der Waals surface area contributed by atoms with Gasteiger partial charge in [0.15, 0.2) is 0 Å². The van der Waals surface area contributed by atoms with Crippen molar-refractivity contribution >= 4 is 17.7 Å². The van der Waals surface area contributed by atoms with Gasteiger partial charge in [-0.05, 0) is 59.2 Å². The molecule has 0 fully saturated rings. The van der Waals surface area contributed by atoms with Gasteiger partial charge in [-0.2, -0.15) is 4.68 Å². The Morgan fingerprint density at radius 2 is 1.93 bits per heavy atom. The van der Waals surface area contributed by atoms with Crippen molar-refractivity contribution in [3.63, 3.8) is 0 Å². The summed E-state index contributed by atoms with van der Waals surface area (Å²) in [5, 5.41) is 12.5. The van der Waals surface area contributed by atoms with Gasteiger partial charge in [-0.25, -0.2) is 0 Å². The standard InChI is InChI=1S/C20H21N5O2S/c1-2-27-18-9-7-17(8-10-18)25-20(21-22-23-25)28-14-19(26)24-12-11-15-5-3-4-6-16(15)13-24/h3-10H,2,11-14H2,1H3. The Morgan fingerprint density at radius 3 is 2.71 bits per heavy atom. The van der Waals surface area contributed by atoms with Crippen molar-refractivity contribution in [3.05, 3.63) is 59.7 Å². The fraction of sp³-hybridized carbons (Fsp3) is 0.300. The molecule has 28 heavy (non-hydrogen) atoms. The first-order chi connectivity index (χ1) is 13.7. The highest BCUT2D eigenvalue weighted by Crippen LogP contribution is 2.23. The average Bonchev–Trinajstić information content (AvgIpc) is 3.21. The van der Waals surface area contributed by atoms with E-state index in [4.69, 9.17) is 4.74 Å². The molecule has 0 aliphatic carbocycles. The topological polar surface area (TPSA) is 73.1 Å². The van der Waals surface area contributed by atoms with Crippen molar-refractivity contribution in [2.45, 2.75) is 25.0 Å². The van der Waals surface area contributed by atoms with E-state index in [1.54, 1.807) is 4.68 Å². The van der Waals surface area contributed by atoms with Gasteiger partial charge in [0.05, 0.1) is 18.0 Å². The van der Waals surface area contributed by atoms with Crippen LogP contribution in [-0.4, -0.2) is 49.9 Å². The second-order valence-corrected chi connectivity index (χ2v) is 7.37. The van der Waals surface area contributed by atoms with Crippen molar-refractivity contribution < 1.29 is 9.53 Å². The summed E-state index contributed by atoms with van der Waals surface area (Å²) < 4.78 is 7.10. The van der Waals surface area contributed by atoms with Gasteiger partial charge >= 0.3 is 0 Å². The summed E-state index contributed by atoms with van der Waals surface area (Å²) in [4.78, 5) is 14.6. The molecule has 0 unspecified atom stereocenters. The average molecular weight is 395 g/mol. The van der Waals surface area contributed by atoms with Gasteiger partial charge in [0.25, 0.3) is 0 Å². The number of thioether (sulfide) groups is 1. The first kappa shape index (κ1) is 18.5. The van der Waals surface area contributed by atoms with Crippen LogP contribution in [0.2, 0.25) is 0 Å². The SMILES string of the molecule is CCOc1ccc(-n2nnnc2SCC(=O)N2CCc3ccccc3C2)cc1. The molecule has 8 heteroatoms. The van der Waals surface area contributed by atoms with E-state index in [0.29, 0.717) is 24.1 Å². The molecule has 144 valence electrons. The minimum Gasteiger partial charge on any atom is -0.494 e. The largest absolute Gasteiger partial charge is 0.494 e. The number of hydrogen-bond donors (Lipinski definition) is 0. The molecule has 2 heterocycles. The quantitative estimate of drug-likeness (QED) is 0.598. The lowest BCUT2D eigenvalue weighted by molar-refractivity contribution is -0.129. The van der Waals surface area contributed by atoms with E-state index in [0.717, 1.165) is 24.4 Å². The number of tetrazole rings is 1. The number of hydrogen-bond acceptors (Lipinski definition) is 6. The van der Waals surface area contributed by atoms with E-state index in [1.165, 1.54) is 22.9 Å². The molecule has 0 N–H and O–H groups in total. The maximum atomic E-state index is 12.7. The third-order valence-electron chi connectivity index (χ3n) is 4.64. The Kier molecular flexibility index (Phi) is 5.57. The Morgan fingerprint density at radius 1 is 1.14 bits per heavy atom. The fourth-order valence-corrected chi connectivity index (χ4v) is 4.00. The molecule has 1 aromatic heterocycles. The fourth-order valence-electron chi connectivity index (χ4n) is 3.21. The summed E-state index contributed by atoms with van der Waals surface area (Å²) in [6.07, 6.45) is 0.899. The number of carbonyl (C=O) groups excluding carboxylic acids is 1. The Balaban J connectivity index is 1.39. The third-order valence-corrected chi connectivity index (χ3v) is 5.55. The number of aromatic nitrogens is 4. The van der Waals surface area contributed by atoms with Crippen molar-refractivity contribution in [3.8, 4) is 11.4 Å². The van der Waals surface area contributed by atoms with Gasteiger partial charge in [-0.1, -0.05) is 36.0 Å². The Labute approximate surface area is 167 Å². The van der Waals surface area contributed by atoms with Crippen molar-refractivity contribution in [2.24, 2.45) is 0 Å². The van der Waals surface area contributed by atoms with Crippen LogP contribution in [0, 0.1) is 0 Å². The first-order valence-electron chi connectivity index (χ1n) is 9.23. The maximum absolute atomic E-state index is 12.7. The number of nitrogens with zero attached hydrogens (tertiary/aromatic N) is 5. The van der Waals surface area contributed by atoms with E-state index in [9.17, 15) is 4.79 Å². The highest BCUT2D eigenvalue weighted by Gasteiger charge is 2.21. The molecule has 0 atom stereocenters. The zero-order valence-corrected chi connectivity index (χ0v) is 16.4. The predicted molar refractivity (Wildman–Crippen MR) is 107 cm³/mol. The van der Waals surface area contributed by atoms with E-state index in [-0.39, 0.29) is 5.91 Å². The second-order valence-electron chi connectivity index (χ2n) is 6.42. The van der Waals surface area contributed by atoms with Crippen LogP contribution >= 0.6 is 11.8 Å². The van der Waals surface area contributed by atoms with Gasteiger partial charge in [-0.3, -0.25) is 4.79 Å². The van der Waals surface area contributed by atoms with Gasteiger partial charge in [0, 0.05) is 13.1 Å². The van der Waals surface area contributed by atoms with Crippen LogP contribution in [0.5, 0.6) is 5.75 Å². The number of amides is 1. The zero-order valence-electron chi connectivity index (χ0n) is 15.6. The van der Waals surface area contributed by atoms with Gasteiger partial charge < -0.3 is 9.64 Å². The van der Waals surface area contributed by atoms with Crippen LogP contribution in [0.1, 0.15) is 18.1 Å². The summed E-state index contributed by atoms with van der Waals surface area (Å²) >= 11 is 1.35. The molecule has 1 aliphatic rings. The van der Waals surface area contributed by atoms with Gasteiger partial charge in [0.1, 0.15) is 5.75 Å². The molecule has 0 bridgehead atoms. The molecule has 0 saturated heterocycles. The molecular weight excluding hydrogens is 374 g/mol. The summed E-state index contributed by atoms with van der Waals surface area (Å²) in [6.45, 7) is 3.98. The third kappa shape index (κ3) is 4.01. The van der Waals surface area contributed by atoms with E-state index in [2.05, 4.69) is 27.7 Å². The van der Waals surface area contributed by atoms with Crippen LogP contribution in [0.15, 0.2) is 53.7 Å². The molecule has 0 radical (unpaired) electrons. The van der Waals surface area contributed by atoms with Crippen LogP contribution in [-0.2, 0) is 17.8 Å². The van der Waals surface area contributed by atoms with E-state index < -0.39 is 0 Å². The molecule has 2 aromatic carbocycles. The maximum Gasteiger partial charge on any atom is 0.233 e. The number of ether oxygens (including phenoxy) is 1. The van der Waals surface area contributed by atoms with E-state index >= 15 is 0 Å². The molecule has 4 rings (SSSR count). The Hall–Kier alpha value is -2.87. The molecule has 0 spiro atoms. The molecule has 1 amide bonds. The van der Waals surface area contributed by atoms with Crippen LogP contribution in [0.4, 0.5) is 0 Å². The highest BCUT2D eigenvalue weighted by molar-refractivity contribution is 7.99. The lowest BCUT2D eigenvalue weighted by Gasteiger charge is -2.28. The highest BCUT2D eigenvalue weighted by atomic mass is 32.2. The normalized spacial score (nSPS) is 13.2. The summed E-state index contributed by atoms with van der Waals surface area (Å²) in [7, 11) is 0. The summed E-state index contributed by atoms with van der Waals surface area (Å²) in [6, 6.07) is 15.9. The van der Waals surface area contributed by atoms with Gasteiger partial charge in [-0.15, -0.1) is 5.10 Å². The summed E-state index contributed by atoms with van der Waals surface area (Å²) in [5.74, 6) is 1.20. The molecule has 0 saturated carbocycles. The van der Waals surface area contributed by atoms with Crippen LogP contribution in [0.25, 0.3) is 5.69 Å². The predicted octanol–water partition coefficient (Wildman–Crippen LogP) is 2.74. The first-order valence-corrected chi connectivity index (χ1v) is 10.2. The second kappa shape index (κ2) is 8.43. The van der Waals surface area contributed by atoms with Crippen LogP contribution < -0.4 is 4.74 Å². The minimum absolute atomic E-state index is 0.0979. The summed E-state index contributed by atoms with van der Waals surface area (Å²) in [5.41, 5.74) is 3.39. The molecule has 3 aromatic rings. The number of carbonyl (C=O) groups is 1. The number of rotatable bonds is 6. The van der Waals surface area contributed by atoms with Crippen molar-refractivity contribution in [1.82, 2.24) is 25.1 Å².